The minimum Gasteiger partial charge on any atom is -0.326 e. The van der Waals surface area contributed by atoms with Gasteiger partial charge in [-0.2, -0.15) is 0 Å². The summed E-state index contributed by atoms with van der Waals surface area (Å²) in [6.45, 7) is 0. The molecule has 3 rings (SSSR count). The van der Waals surface area contributed by atoms with Crippen molar-refractivity contribution in [3.8, 4) is 0 Å². The highest BCUT2D eigenvalue weighted by Gasteiger charge is 2.41. The van der Waals surface area contributed by atoms with Crippen LogP contribution < -0.4 is 21.3 Å². The third-order valence-corrected chi connectivity index (χ3v) is 2.92. The molecule has 1 aromatic carbocycles. The number of anilines is 1. The summed E-state index contributed by atoms with van der Waals surface area (Å²) in [5, 5.41) is 5.71. The van der Waals surface area contributed by atoms with Crippen LogP contribution in [0.15, 0.2) is 35.3 Å². The molecule has 6 heteroatoms. The van der Waals surface area contributed by atoms with E-state index in [9.17, 15) is 4.79 Å². The predicted octanol–water partition coefficient (Wildman–Crippen LogP) is -0.809. The average Bonchev–Trinajstić information content (AvgIpc) is 2.74. The highest BCUT2D eigenvalue weighted by Crippen LogP contribution is 2.22. The molecule has 3 unspecified atom stereocenters. The summed E-state index contributed by atoms with van der Waals surface area (Å²) in [5.74, 6) is -0.143. The van der Waals surface area contributed by atoms with Crippen LogP contribution in [0.2, 0.25) is 0 Å². The SMILES string of the molecule is NC1NC(=O)C2N=CN(c3ccccc3)C2N1. The maximum Gasteiger partial charge on any atom is 0.250 e. The van der Waals surface area contributed by atoms with Gasteiger partial charge in [0.15, 0.2) is 6.04 Å². The number of hydrogen-bond donors (Lipinski definition) is 3. The number of nitrogens with one attached hydrogen (secondary N) is 2. The van der Waals surface area contributed by atoms with E-state index < -0.39 is 12.3 Å². The molecule has 0 saturated carbocycles. The Kier molecular flexibility index (Phi) is 2.31. The molecule has 1 saturated heterocycles. The molecule has 1 amide bonds. The number of nitrogens with zero attached hydrogens (tertiary/aromatic N) is 2. The number of fused-ring (bicyclic) bond motifs is 1. The predicted molar refractivity (Wildman–Crippen MR) is 64.2 cm³/mol. The Morgan fingerprint density at radius 3 is 2.82 bits per heavy atom. The Balaban J connectivity index is 1.89. The smallest absolute Gasteiger partial charge is 0.250 e. The minimum absolute atomic E-state index is 0.143. The van der Waals surface area contributed by atoms with E-state index in [4.69, 9.17) is 5.73 Å². The molecule has 0 aromatic heterocycles. The number of para-hydroxylation sites is 1. The van der Waals surface area contributed by atoms with Crippen molar-refractivity contribution in [2.75, 3.05) is 4.90 Å². The number of rotatable bonds is 1. The lowest BCUT2D eigenvalue weighted by atomic mass is 10.1. The molecular weight excluding hydrogens is 218 g/mol. The van der Waals surface area contributed by atoms with Crippen molar-refractivity contribution in [1.29, 1.82) is 0 Å². The van der Waals surface area contributed by atoms with E-state index in [0.29, 0.717) is 0 Å². The van der Waals surface area contributed by atoms with Crippen molar-refractivity contribution in [1.82, 2.24) is 10.6 Å². The summed E-state index contributed by atoms with van der Waals surface area (Å²) in [6.07, 6.45) is 0.938. The van der Waals surface area contributed by atoms with Crippen molar-refractivity contribution >= 4 is 17.9 Å². The molecule has 1 aromatic rings. The van der Waals surface area contributed by atoms with Crippen LogP contribution in [0.4, 0.5) is 5.69 Å². The Morgan fingerprint density at radius 1 is 1.29 bits per heavy atom. The molecule has 0 spiro atoms. The molecule has 6 nitrogen and oxygen atoms in total. The summed E-state index contributed by atoms with van der Waals surface area (Å²) >= 11 is 0. The van der Waals surface area contributed by atoms with Crippen molar-refractivity contribution in [2.45, 2.75) is 18.5 Å². The monoisotopic (exact) mass is 231 g/mol. The zero-order valence-electron chi connectivity index (χ0n) is 9.08. The first-order chi connectivity index (χ1) is 8.25. The first-order valence-electron chi connectivity index (χ1n) is 5.44. The lowest BCUT2D eigenvalue weighted by Crippen LogP contribution is -2.69. The van der Waals surface area contributed by atoms with Crippen LogP contribution in [-0.2, 0) is 4.79 Å². The Hall–Kier alpha value is -1.92. The maximum atomic E-state index is 11.7. The highest BCUT2D eigenvalue weighted by molar-refractivity contribution is 5.93. The molecule has 0 radical (unpaired) electrons. The fourth-order valence-corrected chi connectivity index (χ4v) is 2.12. The number of carbonyl (C=O) groups is 1. The number of benzene rings is 1. The van der Waals surface area contributed by atoms with Crippen LogP contribution in [0.25, 0.3) is 0 Å². The van der Waals surface area contributed by atoms with Gasteiger partial charge in [0.1, 0.15) is 12.5 Å². The van der Waals surface area contributed by atoms with Gasteiger partial charge in [0.2, 0.25) is 0 Å². The molecule has 0 bridgehead atoms. The van der Waals surface area contributed by atoms with E-state index in [0.717, 1.165) is 5.69 Å². The number of carbonyl (C=O) groups excluding carboxylic acids is 1. The Bertz CT molecular complexity index is 460. The second-order valence-corrected chi connectivity index (χ2v) is 4.05. The van der Waals surface area contributed by atoms with E-state index in [-0.39, 0.29) is 12.1 Å². The molecule has 2 heterocycles. The summed E-state index contributed by atoms with van der Waals surface area (Å²) < 4.78 is 0. The van der Waals surface area contributed by atoms with Crippen LogP contribution in [0.1, 0.15) is 0 Å². The van der Waals surface area contributed by atoms with Gasteiger partial charge in [-0.05, 0) is 12.1 Å². The lowest BCUT2D eigenvalue weighted by Gasteiger charge is -2.35. The largest absolute Gasteiger partial charge is 0.326 e. The topological polar surface area (TPSA) is 82.7 Å². The van der Waals surface area contributed by atoms with Crippen LogP contribution in [0.3, 0.4) is 0 Å². The number of nitrogens with two attached hydrogens (primary N) is 1. The van der Waals surface area contributed by atoms with E-state index in [1.54, 1.807) is 6.34 Å². The molecule has 0 aliphatic carbocycles. The molecule has 88 valence electrons. The van der Waals surface area contributed by atoms with Crippen molar-refractivity contribution in [3.05, 3.63) is 30.3 Å². The van der Waals surface area contributed by atoms with E-state index in [1.165, 1.54) is 0 Å². The van der Waals surface area contributed by atoms with Gasteiger partial charge < -0.3 is 10.2 Å². The van der Waals surface area contributed by atoms with E-state index in [2.05, 4.69) is 15.6 Å². The summed E-state index contributed by atoms with van der Waals surface area (Å²) in [6, 6.07) is 9.33. The Morgan fingerprint density at radius 2 is 2.06 bits per heavy atom. The zero-order valence-corrected chi connectivity index (χ0v) is 9.08. The quantitative estimate of drug-likeness (QED) is 0.590. The van der Waals surface area contributed by atoms with E-state index >= 15 is 0 Å². The normalized spacial score (nSPS) is 31.2. The number of hydrogen-bond acceptors (Lipinski definition) is 5. The Labute approximate surface area is 98.5 Å². The molecule has 1 fully saturated rings. The van der Waals surface area contributed by atoms with E-state index in [1.807, 2.05) is 35.2 Å². The zero-order chi connectivity index (χ0) is 11.8. The lowest BCUT2D eigenvalue weighted by molar-refractivity contribution is -0.125. The van der Waals surface area contributed by atoms with Gasteiger partial charge in [-0.3, -0.25) is 20.8 Å². The average molecular weight is 231 g/mol. The summed E-state index contributed by atoms with van der Waals surface area (Å²) in [4.78, 5) is 17.8. The second kappa shape index (κ2) is 3.83. The van der Waals surface area contributed by atoms with Crippen LogP contribution in [0, 0.1) is 0 Å². The molecule has 4 N–H and O–H groups in total. The van der Waals surface area contributed by atoms with Gasteiger partial charge in [0.05, 0.1) is 6.34 Å². The van der Waals surface area contributed by atoms with Gasteiger partial charge in [-0.25, -0.2) is 0 Å². The van der Waals surface area contributed by atoms with Crippen LogP contribution in [-0.4, -0.2) is 30.7 Å². The third-order valence-electron chi connectivity index (χ3n) is 2.92. The standard InChI is InChI=1S/C11H13N5O/c12-11-14-9-8(10(17)15-11)13-6-16(9)7-4-2-1-3-5-7/h1-6,8-9,11,14H,12H2,(H,15,17). The summed E-state index contributed by atoms with van der Waals surface area (Å²) in [5.41, 5.74) is 6.68. The molecule has 2 aliphatic rings. The summed E-state index contributed by atoms with van der Waals surface area (Å²) in [7, 11) is 0. The first kappa shape index (κ1) is 10.2. The minimum atomic E-state index is -0.531. The molecule has 2 aliphatic heterocycles. The number of amides is 1. The van der Waals surface area contributed by atoms with Crippen LogP contribution >= 0.6 is 0 Å². The molecule has 3 atom stereocenters. The second-order valence-electron chi connectivity index (χ2n) is 4.05. The highest BCUT2D eigenvalue weighted by atomic mass is 16.2. The third kappa shape index (κ3) is 1.67. The van der Waals surface area contributed by atoms with Gasteiger partial charge in [-0.1, -0.05) is 18.2 Å². The van der Waals surface area contributed by atoms with Gasteiger partial charge in [0.25, 0.3) is 5.91 Å². The fraction of sp³-hybridized carbons (Fsp3) is 0.273. The first-order valence-corrected chi connectivity index (χ1v) is 5.44. The van der Waals surface area contributed by atoms with Crippen LogP contribution in [0.5, 0.6) is 0 Å². The van der Waals surface area contributed by atoms with Crippen molar-refractivity contribution in [3.63, 3.8) is 0 Å². The fourth-order valence-electron chi connectivity index (χ4n) is 2.12. The van der Waals surface area contributed by atoms with Gasteiger partial charge >= 0.3 is 0 Å². The van der Waals surface area contributed by atoms with Gasteiger partial charge in [0, 0.05) is 5.69 Å². The van der Waals surface area contributed by atoms with Crippen molar-refractivity contribution in [2.24, 2.45) is 10.7 Å². The maximum absolute atomic E-state index is 11.7. The molecule has 17 heavy (non-hydrogen) atoms. The number of aliphatic imine (C=N–C) groups is 1. The molecular formula is C11H13N5O. The van der Waals surface area contributed by atoms with Crippen molar-refractivity contribution < 1.29 is 4.79 Å². The van der Waals surface area contributed by atoms with Gasteiger partial charge in [-0.15, -0.1) is 0 Å².